The Bertz CT molecular complexity index is 623. The number of aryl methyl sites for hydroxylation is 2. The second-order valence-corrected chi connectivity index (χ2v) is 6.21. The van der Waals surface area contributed by atoms with Crippen LogP contribution in [0.1, 0.15) is 54.5 Å². The lowest BCUT2D eigenvalue weighted by molar-refractivity contribution is 0.669. The van der Waals surface area contributed by atoms with E-state index in [-0.39, 0.29) is 0 Å². The molecule has 0 spiro atoms. The second kappa shape index (κ2) is 6.02. The Hall–Kier alpha value is -1.61. The lowest BCUT2D eigenvalue weighted by Gasteiger charge is -2.12. The van der Waals surface area contributed by atoms with Crippen LogP contribution in [0.15, 0.2) is 24.4 Å². The number of nitrogens with one attached hydrogen (secondary N) is 1. The van der Waals surface area contributed by atoms with E-state index in [0.29, 0.717) is 5.92 Å². The maximum absolute atomic E-state index is 4.70. The fraction of sp³-hybridized carbons (Fsp3) is 0.500. The zero-order valence-electron chi connectivity index (χ0n) is 13.3. The zero-order valence-corrected chi connectivity index (χ0v) is 13.3. The van der Waals surface area contributed by atoms with Crippen LogP contribution in [0.3, 0.4) is 0 Å². The molecule has 112 valence electrons. The largest absolute Gasteiger partial charge is 0.313 e. The monoisotopic (exact) mass is 283 g/mol. The van der Waals surface area contributed by atoms with Crippen molar-refractivity contribution in [1.29, 1.82) is 0 Å². The van der Waals surface area contributed by atoms with Gasteiger partial charge in [0.15, 0.2) is 0 Å². The van der Waals surface area contributed by atoms with Crippen LogP contribution >= 0.6 is 0 Å². The smallest absolute Gasteiger partial charge is 0.0680 e. The van der Waals surface area contributed by atoms with Crippen molar-refractivity contribution in [2.24, 2.45) is 0 Å². The summed E-state index contributed by atoms with van der Waals surface area (Å²) in [6, 6.07) is 6.61. The van der Waals surface area contributed by atoms with Crippen LogP contribution in [0.4, 0.5) is 0 Å². The molecule has 1 aromatic heterocycles. The van der Waals surface area contributed by atoms with Gasteiger partial charge in [-0.1, -0.05) is 19.1 Å². The zero-order chi connectivity index (χ0) is 14.8. The van der Waals surface area contributed by atoms with Crippen LogP contribution in [-0.2, 0) is 6.54 Å². The van der Waals surface area contributed by atoms with E-state index in [0.717, 1.165) is 13.1 Å². The second-order valence-electron chi connectivity index (χ2n) is 6.21. The first-order valence-electron chi connectivity index (χ1n) is 8.06. The summed E-state index contributed by atoms with van der Waals surface area (Å²) in [5.41, 5.74) is 6.61. The van der Waals surface area contributed by atoms with Gasteiger partial charge < -0.3 is 5.32 Å². The number of rotatable bonds is 6. The molecule has 0 radical (unpaired) electrons. The van der Waals surface area contributed by atoms with Gasteiger partial charge in [-0.05, 0) is 56.8 Å². The molecule has 2 aromatic rings. The first-order chi connectivity index (χ1) is 10.2. The molecule has 3 heteroatoms. The van der Waals surface area contributed by atoms with Gasteiger partial charge in [0, 0.05) is 18.0 Å². The third-order valence-corrected chi connectivity index (χ3v) is 4.19. The number of aromatic nitrogens is 2. The Kier molecular flexibility index (Phi) is 4.11. The molecule has 0 atom stereocenters. The van der Waals surface area contributed by atoms with E-state index in [1.54, 1.807) is 0 Å². The summed E-state index contributed by atoms with van der Waals surface area (Å²) in [7, 11) is 0. The first kappa shape index (κ1) is 14.3. The molecule has 1 aliphatic carbocycles. The highest BCUT2D eigenvalue weighted by Gasteiger charge is 2.30. The topological polar surface area (TPSA) is 29.9 Å². The average Bonchev–Trinajstić information content (AvgIpc) is 3.23. The predicted molar refractivity (Wildman–Crippen MR) is 87.0 cm³/mol. The minimum Gasteiger partial charge on any atom is -0.313 e. The first-order valence-corrected chi connectivity index (χ1v) is 8.06. The van der Waals surface area contributed by atoms with E-state index in [4.69, 9.17) is 5.10 Å². The van der Waals surface area contributed by atoms with E-state index in [1.807, 2.05) is 0 Å². The van der Waals surface area contributed by atoms with E-state index >= 15 is 0 Å². The maximum atomic E-state index is 4.70. The van der Waals surface area contributed by atoms with E-state index < -0.39 is 0 Å². The number of nitrogens with zero attached hydrogens (tertiary/aromatic N) is 2. The fourth-order valence-electron chi connectivity index (χ4n) is 2.86. The maximum Gasteiger partial charge on any atom is 0.0680 e. The highest BCUT2D eigenvalue weighted by atomic mass is 15.3. The molecule has 1 N–H and O–H groups in total. The summed E-state index contributed by atoms with van der Waals surface area (Å²) in [5.74, 6) is 0.700. The molecular weight excluding hydrogens is 258 g/mol. The van der Waals surface area contributed by atoms with Gasteiger partial charge in [0.2, 0.25) is 0 Å². The van der Waals surface area contributed by atoms with E-state index in [1.165, 1.54) is 47.3 Å². The molecule has 1 heterocycles. The lowest BCUT2D eigenvalue weighted by atomic mass is 10.1. The summed E-state index contributed by atoms with van der Waals surface area (Å²) in [5, 5.41) is 8.22. The highest BCUT2D eigenvalue weighted by Crippen LogP contribution is 2.42. The van der Waals surface area contributed by atoms with Crippen LogP contribution in [0.25, 0.3) is 5.69 Å². The van der Waals surface area contributed by atoms with Gasteiger partial charge in [-0.25, -0.2) is 4.68 Å². The standard InChI is InChI=1S/C18H25N3/c1-4-9-19-11-16-12-20-21(18(16)15-7-8-15)17-10-13(2)5-6-14(17)3/h5-6,10,12,15,19H,4,7-9,11H2,1-3H3. The van der Waals surface area contributed by atoms with Crippen molar-refractivity contribution in [2.45, 2.75) is 52.5 Å². The van der Waals surface area contributed by atoms with Crippen LogP contribution in [0.2, 0.25) is 0 Å². The van der Waals surface area contributed by atoms with Crippen molar-refractivity contribution in [3.8, 4) is 5.69 Å². The molecule has 1 fully saturated rings. The van der Waals surface area contributed by atoms with Gasteiger partial charge in [-0.3, -0.25) is 0 Å². The van der Waals surface area contributed by atoms with Crippen molar-refractivity contribution in [3.63, 3.8) is 0 Å². The number of hydrogen-bond acceptors (Lipinski definition) is 2. The van der Waals surface area contributed by atoms with Crippen molar-refractivity contribution in [1.82, 2.24) is 15.1 Å². The quantitative estimate of drug-likeness (QED) is 0.816. The Balaban J connectivity index is 1.96. The van der Waals surface area contributed by atoms with Gasteiger partial charge in [0.05, 0.1) is 17.6 Å². The summed E-state index contributed by atoms with van der Waals surface area (Å²) in [6.45, 7) is 8.52. The van der Waals surface area contributed by atoms with Crippen LogP contribution in [0.5, 0.6) is 0 Å². The van der Waals surface area contributed by atoms with Gasteiger partial charge in [-0.15, -0.1) is 0 Å². The molecule has 3 nitrogen and oxygen atoms in total. The minimum atomic E-state index is 0.700. The molecular formula is C18H25N3. The molecule has 0 amide bonds. The normalized spacial score (nSPS) is 14.6. The van der Waals surface area contributed by atoms with Gasteiger partial charge in [-0.2, -0.15) is 5.10 Å². The van der Waals surface area contributed by atoms with E-state index in [9.17, 15) is 0 Å². The Morgan fingerprint density at radius 3 is 2.81 bits per heavy atom. The minimum absolute atomic E-state index is 0.700. The predicted octanol–water partition coefficient (Wildman–Crippen LogP) is 3.87. The van der Waals surface area contributed by atoms with Crippen molar-refractivity contribution in [3.05, 3.63) is 46.8 Å². The molecule has 21 heavy (non-hydrogen) atoms. The molecule has 1 aromatic carbocycles. The Morgan fingerprint density at radius 2 is 2.10 bits per heavy atom. The van der Waals surface area contributed by atoms with Crippen molar-refractivity contribution < 1.29 is 0 Å². The van der Waals surface area contributed by atoms with Crippen molar-refractivity contribution >= 4 is 0 Å². The Morgan fingerprint density at radius 1 is 1.29 bits per heavy atom. The fourth-order valence-corrected chi connectivity index (χ4v) is 2.86. The van der Waals surface area contributed by atoms with Crippen molar-refractivity contribution in [2.75, 3.05) is 6.54 Å². The number of hydrogen-bond donors (Lipinski definition) is 1. The van der Waals surface area contributed by atoms with Gasteiger partial charge in [0.1, 0.15) is 0 Å². The molecule has 1 aliphatic rings. The van der Waals surface area contributed by atoms with Gasteiger partial charge in [0.25, 0.3) is 0 Å². The van der Waals surface area contributed by atoms with Crippen LogP contribution in [0, 0.1) is 13.8 Å². The molecule has 0 saturated heterocycles. The number of benzene rings is 1. The SMILES string of the molecule is CCCNCc1cnn(-c2cc(C)ccc2C)c1C1CC1. The van der Waals surface area contributed by atoms with E-state index in [2.05, 4.69) is 55.2 Å². The summed E-state index contributed by atoms with van der Waals surface area (Å²) >= 11 is 0. The third-order valence-electron chi connectivity index (χ3n) is 4.19. The van der Waals surface area contributed by atoms with Gasteiger partial charge >= 0.3 is 0 Å². The molecule has 1 saturated carbocycles. The average molecular weight is 283 g/mol. The highest BCUT2D eigenvalue weighted by molar-refractivity contribution is 5.45. The van der Waals surface area contributed by atoms with Crippen LogP contribution in [-0.4, -0.2) is 16.3 Å². The Labute approximate surface area is 127 Å². The lowest BCUT2D eigenvalue weighted by Crippen LogP contribution is -2.15. The molecule has 3 rings (SSSR count). The van der Waals surface area contributed by atoms with Crippen LogP contribution < -0.4 is 5.32 Å². The summed E-state index contributed by atoms with van der Waals surface area (Å²) in [6.07, 6.45) is 5.83. The molecule has 0 aliphatic heterocycles. The molecule has 0 unspecified atom stereocenters. The third kappa shape index (κ3) is 3.03. The summed E-state index contributed by atoms with van der Waals surface area (Å²) in [4.78, 5) is 0. The summed E-state index contributed by atoms with van der Waals surface area (Å²) < 4.78 is 2.18. The molecule has 0 bridgehead atoms.